The molecule has 20 heavy (non-hydrogen) atoms. The zero-order valence-electron chi connectivity index (χ0n) is 12.3. The Morgan fingerprint density at radius 1 is 1.45 bits per heavy atom. The summed E-state index contributed by atoms with van der Waals surface area (Å²) in [5.41, 5.74) is 1.81. The third-order valence-corrected chi connectivity index (χ3v) is 3.01. The molecule has 1 aromatic rings. The fraction of sp³-hybridized carbons (Fsp3) is 0.375. The van der Waals surface area contributed by atoms with E-state index in [1.807, 2.05) is 37.4 Å². The molecule has 0 saturated carbocycles. The lowest BCUT2D eigenvalue weighted by molar-refractivity contribution is 0.470. The predicted octanol–water partition coefficient (Wildman–Crippen LogP) is 2.53. The molecule has 0 aliphatic heterocycles. The van der Waals surface area contributed by atoms with Gasteiger partial charge in [0.25, 0.3) is 0 Å². The largest absolute Gasteiger partial charge is 0.352 e. The molecule has 1 N–H and O–H groups in total. The van der Waals surface area contributed by atoms with Crippen LogP contribution in [0.2, 0.25) is 0 Å². The fourth-order valence-electron chi connectivity index (χ4n) is 1.84. The number of allylic oxidation sites excluding steroid dienone is 1. The first-order valence-electron chi connectivity index (χ1n) is 6.73. The van der Waals surface area contributed by atoms with Crippen LogP contribution in [0, 0.1) is 11.3 Å². The molecular formula is C16H22N4. The van der Waals surface area contributed by atoms with Crippen LogP contribution in [0.15, 0.2) is 41.9 Å². The van der Waals surface area contributed by atoms with Crippen molar-refractivity contribution in [3.8, 4) is 6.07 Å². The predicted molar refractivity (Wildman–Crippen MR) is 83.4 cm³/mol. The maximum atomic E-state index is 8.76. The van der Waals surface area contributed by atoms with E-state index in [9.17, 15) is 0 Å². The van der Waals surface area contributed by atoms with E-state index in [4.69, 9.17) is 5.26 Å². The smallest absolute Gasteiger partial charge is 0.193 e. The molecule has 4 heteroatoms. The second-order valence-corrected chi connectivity index (χ2v) is 4.56. The second kappa shape index (κ2) is 8.76. The Hall–Kier alpha value is -2.28. The number of rotatable bonds is 6. The average Bonchev–Trinajstić information content (AvgIpc) is 2.49. The van der Waals surface area contributed by atoms with Gasteiger partial charge in [-0.25, -0.2) is 0 Å². The van der Waals surface area contributed by atoms with E-state index < -0.39 is 0 Å². The van der Waals surface area contributed by atoms with Crippen molar-refractivity contribution in [3.05, 3.63) is 48.0 Å². The highest BCUT2D eigenvalue weighted by atomic mass is 15.3. The summed E-state index contributed by atoms with van der Waals surface area (Å²) in [4.78, 5) is 6.37. The summed E-state index contributed by atoms with van der Waals surface area (Å²) >= 11 is 0. The van der Waals surface area contributed by atoms with E-state index in [0.29, 0.717) is 12.1 Å². The maximum absolute atomic E-state index is 8.76. The third kappa shape index (κ3) is 5.15. The summed E-state index contributed by atoms with van der Waals surface area (Å²) in [5.74, 6) is 0.874. The number of unbranched alkanes of at least 4 members (excludes halogenated alkanes) is 1. The lowest BCUT2D eigenvalue weighted by Gasteiger charge is -2.21. The Morgan fingerprint density at radius 2 is 2.15 bits per heavy atom. The average molecular weight is 270 g/mol. The SMILES string of the molecule is C=CCCCN(C)C(=NC)NCc1ccc(C#N)cc1. The van der Waals surface area contributed by atoms with Crippen molar-refractivity contribution in [2.45, 2.75) is 19.4 Å². The minimum atomic E-state index is 0.680. The van der Waals surface area contributed by atoms with Crippen LogP contribution >= 0.6 is 0 Å². The van der Waals surface area contributed by atoms with Crippen molar-refractivity contribution in [1.82, 2.24) is 10.2 Å². The Balaban J connectivity index is 2.48. The van der Waals surface area contributed by atoms with Crippen molar-refractivity contribution in [2.75, 3.05) is 20.6 Å². The van der Waals surface area contributed by atoms with Gasteiger partial charge < -0.3 is 10.2 Å². The Kier molecular flexibility index (Phi) is 6.91. The molecular weight excluding hydrogens is 248 g/mol. The monoisotopic (exact) mass is 270 g/mol. The van der Waals surface area contributed by atoms with Gasteiger partial charge in [0.15, 0.2) is 5.96 Å². The molecule has 0 aliphatic carbocycles. The molecule has 4 nitrogen and oxygen atoms in total. The van der Waals surface area contributed by atoms with E-state index in [1.54, 1.807) is 7.05 Å². The summed E-state index contributed by atoms with van der Waals surface area (Å²) in [7, 11) is 3.81. The van der Waals surface area contributed by atoms with Crippen molar-refractivity contribution < 1.29 is 0 Å². The van der Waals surface area contributed by atoms with Gasteiger partial charge in [0.2, 0.25) is 0 Å². The van der Waals surface area contributed by atoms with E-state index in [0.717, 1.165) is 30.9 Å². The topological polar surface area (TPSA) is 51.4 Å². The van der Waals surface area contributed by atoms with Crippen molar-refractivity contribution in [3.63, 3.8) is 0 Å². The van der Waals surface area contributed by atoms with E-state index in [-0.39, 0.29) is 0 Å². The standard InChI is InChI=1S/C16H22N4/c1-4-5-6-11-20(3)16(18-2)19-13-15-9-7-14(12-17)8-10-15/h4,7-10H,1,5-6,11,13H2,2-3H3,(H,18,19). The molecule has 0 spiro atoms. The molecule has 0 heterocycles. The van der Waals surface area contributed by atoms with Crippen LogP contribution in [0.25, 0.3) is 0 Å². The molecule has 0 aromatic heterocycles. The zero-order valence-corrected chi connectivity index (χ0v) is 12.3. The molecule has 0 saturated heterocycles. The normalized spacial score (nSPS) is 10.8. The van der Waals surface area contributed by atoms with Crippen molar-refractivity contribution >= 4 is 5.96 Å². The summed E-state index contributed by atoms with van der Waals surface area (Å²) in [6, 6.07) is 9.68. The second-order valence-electron chi connectivity index (χ2n) is 4.56. The maximum Gasteiger partial charge on any atom is 0.193 e. The van der Waals surface area contributed by atoms with Crippen molar-refractivity contribution in [2.24, 2.45) is 4.99 Å². The number of aliphatic imine (C=N–C) groups is 1. The van der Waals surface area contributed by atoms with Crippen LogP contribution in [0.4, 0.5) is 0 Å². The van der Waals surface area contributed by atoms with Gasteiger partial charge in [-0.1, -0.05) is 18.2 Å². The molecule has 106 valence electrons. The number of nitrogens with one attached hydrogen (secondary N) is 1. The summed E-state index contributed by atoms with van der Waals surface area (Å²) < 4.78 is 0. The van der Waals surface area contributed by atoms with Crippen LogP contribution in [-0.4, -0.2) is 31.5 Å². The van der Waals surface area contributed by atoms with Gasteiger partial charge in [-0.3, -0.25) is 4.99 Å². The summed E-state index contributed by atoms with van der Waals surface area (Å²) in [6.07, 6.45) is 4.01. The Bertz CT molecular complexity index is 482. The van der Waals surface area contributed by atoms with E-state index >= 15 is 0 Å². The lowest BCUT2D eigenvalue weighted by Crippen LogP contribution is -2.38. The number of hydrogen-bond donors (Lipinski definition) is 1. The van der Waals surface area contributed by atoms with E-state index in [1.165, 1.54) is 0 Å². The summed E-state index contributed by atoms with van der Waals surface area (Å²) in [6.45, 7) is 5.37. The van der Waals surface area contributed by atoms with Gasteiger partial charge in [-0.05, 0) is 30.5 Å². The van der Waals surface area contributed by atoms with E-state index in [2.05, 4.69) is 27.9 Å². The minimum absolute atomic E-state index is 0.680. The minimum Gasteiger partial charge on any atom is -0.352 e. The lowest BCUT2D eigenvalue weighted by atomic mass is 10.1. The Morgan fingerprint density at radius 3 is 2.70 bits per heavy atom. The van der Waals surface area contributed by atoms with Crippen LogP contribution in [0.1, 0.15) is 24.0 Å². The van der Waals surface area contributed by atoms with Gasteiger partial charge in [0, 0.05) is 27.2 Å². The highest BCUT2D eigenvalue weighted by molar-refractivity contribution is 5.79. The summed E-state index contributed by atoms with van der Waals surface area (Å²) in [5, 5.41) is 12.1. The number of hydrogen-bond acceptors (Lipinski definition) is 2. The fourth-order valence-corrected chi connectivity index (χ4v) is 1.84. The molecule has 0 fully saturated rings. The van der Waals surface area contributed by atoms with Gasteiger partial charge in [-0.15, -0.1) is 6.58 Å². The molecule has 0 bridgehead atoms. The molecule has 0 radical (unpaired) electrons. The molecule has 0 atom stereocenters. The number of guanidine groups is 1. The first-order chi connectivity index (χ1) is 9.71. The molecule has 0 amide bonds. The first kappa shape index (κ1) is 15.8. The molecule has 1 aromatic carbocycles. The first-order valence-corrected chi connectivity index (χ1v) is 6.73. The number of nitriles is 1. The number of nitrogens with zero attached hydrogens (tertiary/aromatic N) is 3. The van der Waals surface area contributed by atoms with Crippen molar-refractivity contribution in [1.29, 1.82) is 5.26 Å². The van der Waals surface area contributed by atoms with Crippen LogP contribution in [-0.2, 0) is 6.54 Å². The highest BCUT2D eigenvalue weighted by Crippen LogP contribution is 2.03. The third-order valence-electron chi connectivity index (χ3n) is 3.01. The molecule has 0 unspecified atom stereocenters. The van der Waals surface area contributed by atoms with Gasteiger partial charge in [0.05, 0.1) is 11.6 Å². The molecule has 1 rings (SSSR count). The Labute approximate surface area is 121 Å². The van der Waals surface area contributed by atoms with Crippen LogP contribution in [0.5, 0.6) is 0 Å². The van der Waals surface area contributed by atoms with Crippen LogP contribution < -0.4 is 5.32 Å². The number of benzene rings is 1. The van der Waals surface area contributed by atoms with Gasteiger partial charge in [-0.2, -0.15) is 5.26 Å². The quantitative estimate of drug-likeness (QED) is 0.374. The van der Waals surface area contributed by atoms with Crippen LogP contribution in [0.3, 0.4) is 0 Å². The highest BCUT2D eigenvalue weighted by Gasteiger charge is 2.04. The van der Waals surface area contributed by atoms with Gasteiger partial charge >= 0.3 is 0 Å². The van der Waals surface area contributed by atoms with Gasteiger partial charge in [0.1, 0.15) is 0 Å². The molecule has 0 aliphatic rings. The zero-order chi connectivity index (χ0) is 14.8.